The highest BCUT2D eigenvalue weighted by atomic mass is 16.3. The van der Waals surface area contributed by atoms with Crippen LogP contribution in [0.15, 0.2) is 223 Å². The first-order valence-electron chi connectivity index (χ1n) is 22.0. The highest BCUT2D eigenvalue weighted by Gasteiger charge is 2.52. The minimum Gasteiger partial charge on any atom is -0.454 e. The van der Waals surface area contributed by atoms with E-state index in [-0.39, 0.29) is 29.9 Å². The number of anilines is 6. The average molecular weight is 746 g/mol. The van der Waals surface area contributed by atoms with Crippen LogP contribution in [0.25, 0.3) is 44.2 Å². The molecular formula is C55H36N2O. The van der Waals surface area contributed by atoms with Crippen molar-refractivity contribution >= 4 is 56.1 Å². The molecule has 1 unspecified atom stereocenters. The molecule has 12 rings (SSSR count). The van der Waals surface area contributed by atoms with Crippen molar-refractivity contribution in [2.75, 3.05) is 9.80 Å². The van der Waals surface area contributed by atoms with Gasteiger partial charge in [0.05, 0.1) is 18.0 Å². The molecule has 272 valence electrons. The Labute approximate surface area is 344 Å². The molecule has 9 aromatic carbocycles. The predicted octanol–water partition coefficient (Wildman–Crippen LogP) is 14.9. The van der Waals surface area contributed by atoms with Crippen molar-refractivity contribution in [1.82, 2.24) is 0 Å². The molecule has 1 spiro atoms. The monoisotopic (exact) mass is 745 g/mol. The van der Waals surface area contributed by atoms with Gasteiger partial charge >= 0.3 is 0 Å². The fourth-order valence-electron chi connectivity index (χ4n) is 9.65. The lowest BCUT2D eigenvalue weighted by Gasteiger charge is -2.32. The van der Waals surface area contributed by atoms with Gasteiger partial charge in [-0.05, 0) is 117 Å². The lowest BCUT2D eigenvalue weighted by Crippen LogP contribution is -2.26. The minimum absolute atomic E-state index is 0.0924. The average Bonchev–Trinajstić information content (AvgIpc) is 3.96. The number of hydrogen-bond donors (Lipinski definition) is 0. The summed E-state index contributed by atoms with van der Waals surface area (Å²) < 4.78 is 50.3. The molecule has 58 heavy (non-hydrogen) atoms. The number of rotatable bonds is 6. The van der Waals surface area contributed by atoms with Gasteiger partial charge in [-0.15, -0.1) is 0 Å². The lowest BCUT2D eigenvalue weighted by atomic mass is 9.70. The zero-order chi connectivity index (χ0) is 42.6. The molecular weight excluding hydrogens is 705 g/mol. The Morgan fingerprint density at radius 2 is 0.948 bits per heavy atom. The molecule has 10 aromatic rings. The maximum Gasteiger partial charge on any atom is 0.159 e. The number of hydrogen-bond acceptors (Lipinski definition) is 3. The third-order valence-electron chi connectivity index (χ3n) is 11.9. The van der Waals surface area contributed by atoms with Gasteiger partial charge < -0.3 is 14.2 Å². The quantitative estimate of drug-likeness (QED) is 0.169. The Morgan fingerprint density at radius 3 is 1.71 bits per heavy atom. The summed E-state index contributed by atoms with van der Waals surface area (Å²) in [6.07, 6.45) is 0. The van der Waals surface area contributed by atoms with Crippen molar-refractivity contribution in [2.24, 2.45) is 0 Å². The van der Waals surface area contributed by atoms with Crippen LogP contribution in [0, 0.1) is 0 Å². The summed E-state index contributed by atoms with van der Waals surface area (Å²) in [6.45, 7) is 0. The molecule has 3 nitrogen and oxygen atoms in total. The predicted molar refractivity (Wildman–Crippen MR) is 239 cm³/mol. The third kappa shape index (κ3) is 4.62. The van der Waals surface area contributed by atoms with E-state index in [1.54, 1.807) is 4.90 Å². The summed E-state index contributed by atoms with van der Waals surface area (Å²) in [5, 5.41) is 2.12. The Morgan fingerprint density at radius 1 is 0.379 bits per heavy atom. The smallest absolute Gasteiger partial charge is 0.159 e. The van der Waals surface area contributed by atoms with Crippen molar-refractivity contribution < 1.29 is 11.3 Å². The number of fused-ring (bicyclic) bond motifs is 13. The molecule has 1 aromatic heterocycles. The molecule has 0 aliphatic heterocycles. The molecule has 2 aliphatic carbocycles. The summed E-state index contributed by atoms with van der Waals surface area (Å²) in [4.78, 5) is 4.09. The molecule has 0 amide bonds. The molecule has 0 fully saturated rings. The SMILES string of the molecule is [2H]c1c([2H])c([2H])c(N(c2ccccc2)c2ccc3c(c2)-c2ccccc2C32c3ccccc3-c3ccc(N(c4ccccc4)c4cccc5c4oc4ccccc45)cc32)c([2H])c1[2H]. The van der Waals surface area contributed by atoms with Crippen LogP contribution < -0.4 is 9.80 Å². The molecule has 2 aliphatic rings. The van der Waals surface area contributed by atoms with E-state index >= 15 is 0 Å². The Bertz CT molecular complexity index is 3470. The van der Waals surface area contributed by atoms with Crippen LogP contribution in [0.2, 0.25) is 0 Å². The van der Waals surface area contributed by atoms with Crippen molar-refractivity contribution in [3.05, 3.63) is 241 Å². The molecule has 0 saturated heterocycles. The summed E-state index contributed by atoms with van der Waals surface area (Å²) >= 11 is 0. The fraction of sp³-hybridized carbons (Fsp3) is 0.0182. The topological polar surface area (TPSA) is 19.6 Å². The lowest BCUT2D eigenvalue weighted by molar-refractivity contribution is 0.669. The second-order valence-corrected chi connectivity index (χ2v) is 14.9. The highest BCUT2D eigenvalue weighted by molar-refractivity contribution is 6.10. The second kappa shape index (κ2) is 12.7. The molecule has 0 N–H and O–H groups in total. The zero-order valence-corrected chi connectivity index (χ0v) is 31.2. The van der Waals surface area contributed by atoms with Crippen LogP contribution in [0.5, 0.6) is 0 Å². The maximum atomic E-state index is 9.06. The van der Waals surface area contributed by atoms with Crippen molar-refractivity contribution in [3.63, 3.8) is 0 Å². The molecule has 1 heterocycles. The number of para-hydroxylation sites is 5. The molecule has 0 saturated carbocycles. The third-order valence-corrected chi connectivity index (χ3v) is 11.9. The summed E-state index contributed by atoms with van der Waals surface area (Å²) in [7, 11) is 0. The van der Waals surface area contributed by atoms with Gasteiger partial charge in [-0.2, -0.15) is 0 Å². The molecule has 3 heteroatoms. The fourth-order valence-corrected chi connectivity index (χ4v) is 9.65. The van der Waals surface area contributed by atoms with Gasteiger partial charge in [0.1, 0.15) is 5.58 Å². The van der Waals surface area contributed by atoms with E-state index in [4.69, 9.17) is 11.3 Å². The summed E-state index contributed by atoms with van der Waals surface area (Å²) in [5.41, 5.74) is 14.3. The van der Waals surface area contributed by atoms with Crippen LogP contribution >= 0.6 is 0 Å². The van der Waals surface area contributed by atoms with Crippen LogP contribution in [0.3, 0.4) is 0 Å². The number of furan rings is 1. The first-order chi connectivity index (χ1) is 30.9. The van der Waals surface area contributed by atoms with E-state index in [1.807, 2.05) is 60.7 Å². The van der Waals surface area contributed by atoms with Crippen molar-refractivity contribution in [2.45, 2.75) is 5.41 Å². The maximum absolute atomic E-state index is 9.06. The van der Waals surface area contributed by atoms with Gasteiger partial charge in [-0.1, -0.05) is 146 Å². The largest absolute Gasteiger partial charge is 0.454 e. The standard InChI is InChI=1S/C55H36N2O/c1-4-17-37(18-5-1)56(38-19-6-2-7-20-38)40-32-34-50-47(35-40)43-24-11-14-28-49(43)55(50)48-27-13-10-23-42(48)44-33-31-41(36-51(44)55)57(39-21-8-3-9-22-39)52-29-16-26-46-45-25-12-15-30-53(45)58-54(46)52/h1-36H/i1D,4D,5D,17D,18D. The van der Waals surface area contributed by atoms with Gasteiger partial charge in [0.15, 0.2) is 5.58 Å². The van der Waals surface area contributed by atoms with Gasteiger partial charge in [0.2, 0.25) is 0 Å². The summed E-state index contributed by atoms with van der Waals surface area (Å²) in [5.74, 6) is 0. The van der Waals surface area contributed by atoms with E-state index in [1.165, 1.54) is 11.1 Å². The Kier molecular flexibility index (Phi) is 6.11. The number of nitrogens with zero attached hydrogens (tertiary/aromatic N) is 2. The van der Waals surface area contributed by atoms with E-state index in [9.17, 15) is 0 Å². The first-order valence-corrected chi connectivity index (χ1v) is 19.5. The van der Waals surface area contributed by atoms with E-state index in [0.29, 0.717) is 11.4 Å². The number of benzene rings is 9. The molecule has 1 atom stereocenters. The zero-order valence-electron chi connectivity index (χ0n) is 36.2. The van der Waals surface area contributed by atoms with Gasteiger partial charge in [0.25, 0.3) is 0 Å². The molecule has 0 bridgehead atoms. The van der Waals surface area contributed by atoms with Gasteiger partial charge in [-0.25, -0.2) is 0 Å². The van der Waals surface area contributed by atoms with Crippen molar-refractivity contribution in [3.8, 4) is 22.3 Å². The van der Waals surface area contributed by atoms with Crippen LogP contribution in [-0.2, 0) is 5.41 Å². The Balaban J connectivity index is 1.11. The van der Waals surface area contributed by atoms with Gasteiger partial charge in [0, 0.05) is 39.2 Å². The van der Waals surface area contributed by atoms with Crippen molar-refractivity contribution in [1.29, 1.82) is 0 Å². The van der Waals surface area contributed by atoms with Crippen LogP contribution in [-0.4, -0.2) is 0 Å². The highest BCUT2D eigenvalue weighted by Crippen LogP contribution is 2.64. The Hall–Kier alpha value is -7.62. The van der Waals surface area contributed by atoms with E-state index in [0.717, 1.165) is 72.4 Å². The molecule has 0 radical (unpaired) electrons. The normalized spacial score (nSPS) is 15.8. The second-order valence-electron chi connectivity index (χ2n) is 14.9. The van der Waals surface area contributed by atoms with Gasteiger partial charge in [-0.3, -0.25) is 0 Å². The van der Waals surface area contributed by atoms with Crippen LogP contribution in [0.1, 0.15) is 29.1 Å². The summed E-state index contributed by atoms with van der Waals surface area (Å²) in [6, 6.07) is 63.2. The first kappa shape index (κ1) is 27.9. The van der Waals surface area contributed by atoms with E-state index in [2.05, 4.69) is 132 Å². The minimum atomic E-state index is -0.700. The van der Waals surface area contributed by atoms with Crippen LogP contribution in [0.4, 0.5) is 34.1 Å². The van der Waals surface area contributed by atoms with E-state index < -0.39 is 11.5 Å².